The van der Waals surface area contributed by atoms with Crippen LogP contribution in [0.1, 0.15) is 19.4 Å². The Morgan fingerprint density at radius 3 is 2.70 bits per heavy atom. The zero-order chi connectivity index (χ0) is 13.9. The fourth-order valence-corrected chi connectivity index (χ4v) is 2.39. The van der Waals surface area contributed by atoms with Crippen LogP contribution in [0.4, 0.5) is 0 Å². The Kier molecular flexibility index (Phi) is 5.93. The number of nitrogens with two attached hydrogens (primary N) is 1. The van der Waals surface area contributed by atoms with Crippen molar-refractivity contribution in [2.45, 2.75) is 20.4 Å². The van der Waals surface area contributed by atoms with Gasteiger partial charge in [0.1, 0.15) is 0 Å². The molecular weight excluding hydrogens is 270 g/mol. The number of fused-ring (bicyclic) bond motifs is 1. The van der Waals surface area contributed by atoms with Crippen molar-refractivity contribution in [3.8, 4) is 0 Å². The molecule has 1 aromatic carbocycles. The van der Waals surface area contributed by atoms with Crippen molar-refractivity contribution in [1.82, 2.24) is 9.88 Å². The number of halogens is 1. The van der Waals surface area contributed by atoms with Crippen LogP contribution in [0, 0.1) is 5.41 Å². The molecular formula is C16H24ClN3. The molecule has 1 aromatic heterocycles. The first-order chi connectivity index (χ1) is 9.00. The Labute approximate surface area is 127 Å². The van der Waals surface area contributed by atoms with E-state index in [4.69, 9.17) is 5.73 Å². The molecule has 2 aromatic rings. The Balaban J connectivity index is 0.00000200. The number of pyridine rings is 1. The van der Waals surface area contributed by atoms with E-state index in [0.717, 1.165) is 18.6 Å². The molecule has 1 heterocycles. The lowest BCUT2D eigenvalue weighted by Crippen LogP contribution is -2.36. The molecule has 0 saturated heterocycles. The quantitative estimate of drug-likeness (QED) is 0.921. The minimum Gasteiger partial charge on any atom is -0.330 e. The van der Waals surface area contributed by atoms with Gasteiger partial charge in [-0.1, -0.05) is 26.0 Å². The molecule has 4 heteroatoms. The molecule has 0 aliphatic carbocycles. The highest BCUT2D eigenvalue weighted by molar-refractivity contribution is 5.85. The molecule has 0 unspecified atom stereocenters. The van der Waals surface area contributed by atoms with Crippen LogP contribution in [0.15, 0.2) is 36.5 Å². The number of hydrogen-bond acceptors (Lipinski definition) is 3. The van der Waals surface area contributed by atoms with Gasteiger partial charge in [-0.2, -0.15) is 0 Å². The van der Waals surface area contributed by atoms with E-state index in [1.807, 2.05) is 12.3 Å². The molecule has 0 aliphatic heterocycles. The summed E-state index contributed by atoms with van der Waals surface area (Å²) in [5, 5.41) is 1.20. The second kappa shape index (κ2) is 7.02. The fourth-order valence-electron chi connectivity index (χ4n) is 2.39. The summed E-state index contributed by atoms with van der Waals surface area (Å²) in [6, 6.07) is 10.5. The highest BCUT2D eigenvalue weighted by Crippen LogP contribution is 2.18. The van der Waals surface area contributed by atoms with Crippen molar-refractivity contribution >= 4 is 23.3 Å². The average Bonchev–Trinajstić information content (AvgIpc) is 2.38. The van der Waals surface area contributed by atoms with Crippen LogP contribution in [0.25, 0.3) is 10.9 Å². The lowest BCUT2D eigenvalue weighted by molar-refractivity contribution is 0.210. The molecule has 3 nitrogen and oxygen atoms in total. The highest BCUT2D eigenvalue weighted by Gasteiger charge is 2.18. The van der Waals surface area contributed by atoms with Crippen LogP contribution in [0.5, 0.6) is 0 Å². The second-order valence-electron chi connectivity index (χ2n) is 6.07. The van der Waals surface area contributed by atoms with Gasteiger partial charge < -0.3 is 10.6 Å². The van der Waals surface area contributed by atoms with E-state index in [-0.39, 0.29) is 17.8 Å². The molecule has 110 valence electrons. The molecule has 0 amide bonds. The van der Waals surface area contributed by atoms with Crippen LogP contribution < -0.4 is 5.73 Å². The first kappa shape index (κ1) is 16.9. The number of rotatable bonds is 5. The van der Waals surface area contributed by atoms with Gasteiger partial charge in [0, 0.05) is 24.7 Å². The summed E-state index contributed by atoms with van der Waals surface area (Å²) in [5.74, 6) is 0. The molecule has 0 saturated carbocycles. The van der Waals surface area contributed by atoms with Crippen molar-refractivity contribution in [2.24, 2.45) is 11.1 Å². The van der Waals surface area contributed by atoms with Crippen molar-refractivity contribution in [3.05, 3.63) is 42.1 Å². The fraction of sp³-hybridized carbons (Fsp3) is 0.438. The van der Waals surface area contributed by atoms with Gasteiger partial charge in [0.2, 0.25) is 0 Å². The van der Waals surface area contributed by atoms with Gasteiger partial charge in [0.05, 0.1) is 5.52 Å². The largest absolute Gasteiger partial charge is 0.330 e. The predicted molar refractivity (Wildman–Crippen MR) is 88.2 cm³/mol. The van der Waals surface area contributed by atoms with Gasteiger partial charge in [-0.3, -0.25) is 4.98 Å². The molecule has 0 atom stereocenters. The standard InChI is InChI=1S/C16H23N3.ClH/c1-16(2,11-17)12-19(3)10-13-6-7-15-14(9-13)5-4-8-18-15;/h4-9H,10-12,17H2,1-3H3;1H. The third-order valence-electron chi connectivity index (χ3n) is 3.37. The molecule has 2 N–H and O–H groups in total. The minimum absolute atomic E-state index is 0. The zero-order valence-corrected chi connectivity index (χ0v) is 13.3. The lowest BCUT2D eigenvalue weighted by Gasteiger charge is -2.29. The van der Waals surface area contributed by atoms with E-state index in [9.17, 15) is 0 Å². The molecule has 2 rings (SSSR count). The van der Waals surface area contributed by atoms with Gasteiger partial charge in [-0.15, -0.1) is 12.4 Å². The minimum atomic E-state index is 0. The van der Waals surface area contributed by atoms with Crippen molar-refractivity contribution in [2.75, 3.05) is 20.1 Å². The van der Waals surface area contributed by atoms with Crippen LogP contribution in [0.3, 0.4) is 0 Å². The van der Waals surface area contributed by atoms with Crippen LogP contribution in [0.2, 0.25) is 0 Å². The van der Waals surface area contributed by atoms with Gasteiger partial charge in [-0.25, -0.2) is 0 Å². The van der Waals surface area contributed by atoms with Gasteiger partial charge in [0.25, 0.3) is 0 Å². The number of aromatic nitrogens is 1. The summed E-state index contributed by atoms with van der Waals surface area (Å²) in [6.45, 7) is 7.05. The summed E-state index contributed by atoms with van der Waals surface area (Å²) < 4.78 is 0. The smallest absolute Gasteiger partial charge is 0.0702 e. The summed E-state index contributed by atoms with van der Waals surface area (Å²) in [6.07, 6.45) is 1.83. The van der Waals surface area contributed by atoms with Crippen LogP contribution in [-0.4, -0.2) is 30.0 Å². The second-order valence-corrected chi connectivity index (χ2v) is 6.07. The molecule has 20 heavy (non-hydrogen) atoms. The first-order valence-corrected chi connectivity index (χ1v) is 6.72. The molecule has 0 fully saturated rings. The van der Waals surface area contributed by atoms with Crippen molar-refractivity contribution in [1.29, 1.82) is 0 Å². The van der Waals surface area contributed by atoms with Crippen LogP contribution >= 0.6 is 12.4 Å². The van der Waals surface area contributed by atoms with Crippen molar-refractivity contribution < 1.29 is 0 Å². The summed E-state index contributed by atoms with van der Waals surface area (Å²) in [5.41, 5.74) is 8.31. The molecule has 0 radical (unpaired) electrons. The Hall–Kier alpha value is -1.16. The van der Waals surface area contributed by atoms with Gasteiger partial charge in [0.15, 0.2) is 0 Å². The summed E-state index contributed by atoms with van der Waals surface area (Å²) in [4.78, 5) is 6.67. The molecule has 0 aliphatic rings. The van der Waals surface area contributed by atoms with E-state index < -0.39 is 0 Å². The van der Waals surface area contributed by atoms with E-state index in [1.54, 1.807) is 0 Å². The van der Waals surface area contributed by atoms with Gasteiger partial charge in [-0.05, 0) is 42.8 Å². The number of nitrogens with zero attached hydrogens (tertiary/aromatic N) is 2. The van der Waals surface area contributed by atoms with Crippen molar-refractivity contribution in [3.63, 3.8) is 0 Å². The SMILES string of the molecule is CN(Cc1ccc2ncccc2c1)CC(C)(C)CN.Cl. The maximum absolute atomic E-state index is 5.79. The monoisotopic (exact) mass is 293 g/mol. The number of hydrogen-bond donors (Lipinski definition) is 1. The Bertz CT molecular complexity index is 554. The Morgan fingerprint density at radius 1 is 1.25 bits per heavy atom. The van der Waals surface area contributed by atoms with E-state index in [0.29, 0.717) is 6.54 Å². The summed E-state index contributed by atoms with van der Waals surface area (Å²) >= 11 is 0. The molecule has 0 bridgehead atoms. The Morgan fingerprint density at radius 2 is 2.00 bits per heavy atom. The first-order valence-electron chi connectivity index (χ1n) is 6.72. The highest BCUT2D eigenvalue weighted by atomic mass is 35.5. The average molecular weight is 294 g/mol. The topological polar surface area (TPSA) is 42.2 Å². The van der Waals surface area contributed by atoms with Crippen LogP contribution in [-0.2, 0) is 6.54 Å². The van der Waals surface area contributed by atoms with E-state index in [2.05, 4.69) is 55.0 Å². The third kappa shape index (κ3) is 4.44. The maximum Gasteiger partial charge on any atom is 0.0702 e. The maximum atomic E-state index is 5.79. The molecule has 0 spiro atoms. The summed E-state index contributed by atoms with van der Waals surface area (Å²) in [7, 11) is 2.14. The normalized spacial score (nSPS) is 11.7. The van der Waals surface area contributed by atoms with Gasteiger partial charge >= 0.3 is 0 Å². The number of benzene rings is 1. The zero-order valence-electron chi connectivity index (χ0n) is 12.5. The van der Waals surface area contributed by atoms with E-state index >= 15 is 0 Å². The predicted octanol–water partition coefficient (Wildman–Crippen LogP) is 3.07. The lowest BCUT2D eigenvalue weighted by atomic mass is 9.93. The third-order valence-corrected chi connectivity index (χ3v) is 3.37. The van der Waals surface area contributed by atoms with E-state index in [1.165, 1.54) is 10.9 Å².